The van der Waals surface area contributed by atoms with Crippen molar-refractivity contribution in [3.8, 4) is 0 Å². The average molecular weight is 530 g/mol. The molecule has 2 N–H and O–H groups in total. The maximum Gasteiger partial charge on any atom is 0.416 e. The Morgan fingerprint density at radius 2 is 1.41 bits per heavy atom. The van der Waals surface area contributed by atoms with Crippen molar-refractivity contribution >= 4 is 11.9 Å². The van der Waals surface area contributed by atoms with Gasteiger partial charge in [-0.25, -0.2) is 9.67 Å². The summed E-state index contributed by atoms with van der Waals surface area (Å²) in [7, 11) is 0. The standard InChI is InChI=1S/C23H20F6N4O4/c1-14(33(10-19(34)35)20(36)15-2-4-17(5-3-15)22(24,25)26)21(37,11-32-13-30-12-31-32)16-6-8-18(9-7-16)23(27,28)29/h2-9,12-14,37H,10-11H2,1H3,(H,34,35). The SMILES string of the molecule is CC(N(CC(=O)O)C(=O)c1ccc(C(F)(F)F)cc1)C(O)(Cn1cncn1)c1ccc(C(F)(F)F)cc1. The molecule has 0 saturated heterocycles. The number of carbonyl (C=O) groups excluding carboxylic acids is 1. The van der Waals surface area contributed by atoms with E-state index in [1.165, 1.54) is 13.3 Å². The van der Waals surface area contributed by atoms with Crippen LogP contribution in [0.1, 0.15) is 34.0 Å². The van der Waals surface area contributed by atoms with E-state index >= 15 is 0 Å². The minimum absolute atomic E-state index is 0.0980. The van der Waals surface area contributed by atoms with Gasteiger partial charge >= 0.3 is 18.3 Å². The van der Waals surface area contributed by atoms with Crippen LogP contribution in [0, 0.1) is 0 Å². The lowest BCUT2D eigenvalue weighted by atomic mass is 9.85. The van der Waals surface area contributed by atoms with E-state index in [0.717, 1.165) is 35.3 Å². The van der Waals surface area contributed by atoms with Crippen LogP contribution in [-0.4, -0.2) is 54.3 Å². The summed E-state index contributed by atoms with van der Waals surface area (Å²) in [6.07, 6.45) is -7.01. The first-order chi connectivity index (χ1) is 17.1. The molecule has 1 aromatic heterocycles. The van der Waals surface area contributed by atoms with Crippen LogP contribution in [-0.2, 0) is 29.3 Å². The molecule has 14 heteroatoms. The number of aromatic nitrogens is 3. The number of carbonyl (C=O) groups is 2. The average Bonchev–Trinajstić information content (AvgIpc) is 3.33. The molecular weight excluding hydrogens is 510 g/mol. The summed E-state index contributed by atoms with van der Waals surface area (Å²) in [6, 6.07) is 5.00. The number of hydrogen-bond donors (Lipinski definition) is 2. The zero-order valence-electron chi connectivity index (χ0n) is 19.0. The summed E-state index contributed by atoms with van der Waals surface area (Å²) in [6.45, 7) is -0.156. The highest BCUT2D eigenvalue weighted by Crippen LogP contribution is 2.35. The molecular formula is C23H20F6N4O4. The van der Waals surface area contributed by atoms with Crippen LogP contribution in [0.25, 0.3) is 0 Å². The van der Waals surface area contributed by atoms with Gasteiger partial charge in [0, 0.05) is 5.56 Å². The molecule has 0 aliphatic heterocycles. The Morgan fingerprint density at radius 1 is 0.919 bits per heavy atom. The fraction of sp³-hybridized carbons (Fsp3) is 0.304. The van der Waals surface area contributed by atoms with E-state index < -0.39 is 60.1 Å². The second-order valence-electron chi connectivity index (χ2n) is 8.17. The second-order valence-corrected chi connectivity index (χ2v) is 8.17. The van der Waals surface area contributed by atoms with Crippen LogP contribution in [0.2, 0.25) is 0 Å². The lowest BCUT2D eigenvalue weighted by molar-refractivity contribution is -0.140. The summed E-state index contributed by atoms with van der Waals surface area (Å²) < 4.78 is 79.1. The first kappa shape index (κ1) is 27.6. The molecule has 37 heavy (non-hydrogen) atoms. The summed E-state index contributed by atoms with van der Waals surface area (Å²) in [5, 5.41) is 25.0. The zero-order valence-corrected chi connectivity index (χ0v) is 19.0. The molecule has 0 aliphatic rings. The van der Waals surface area contributed by atoms with Gasteiger partial charge in [-0.1, -0.05) is 12.1 Å². The van der Waals surface area contributed by atoms with Gasteiger partial charge in [-0.05, 0) is 48.9 Å². The van der Waals surface area contributed by atoms with Crippen molar-refractivity contribution in [1.82, 2.24) is 19.7 Å². The molecule has 2 unspecified atom stereocenters. The van der Waals surface area contributed by atoms with Gasteiger partial charge < -0.3 is 15.1 Å². The molecule has 3 rings (SSSR count). The lowest BCUT2D eigenvalue weighted by Gasteiger charge is -2.41. The molecule has 0 radical (unpaired) electrons. The maximum atomic E-state index is 13.2. The maximum absolute atomic E-state index is 13.2. The van der Waals surface area contributed by atoms with Crippen LogP contribution < -0.4 is 0 Å². The topological polar surface area (TPSA) is 109 Å². The Labute approximate surface area is 205 Å². The van der Waals surface area contributed by atoms with E-state index in [-0.39, 0.29) is 11.1 Å². The first-order valence-corrected chi connectivity index (χ1v) is 10.6. The van der Waals surface area contributed by atoms with Crippen molar-refractivity contribution in [1.29, 1.82) is 0 Å². The smallest absolute Gasteiger partial charge is 0.416 e. The number of carboxylic acids is 1. The van der Waals surface area contributed by atoms with Crippen LogP contribution in [0.5, 0.6) is 0 Å². The number of aliphatic hydroxyl groups is 1. The quantitative estimate of drug-likeness (QED) is 0.429. The van der Waals surface area contributed by atoms with Crippen molar-refractivity contribution in [3.05, 3.63) is 83.4 Å². The largest absolute Gasteiger partial charge is 0.480 e. The normalized spacial score (nSPS) is 14.6. The molecule has 2 aromatic carbocycles. The van der Waals surface area contributed by atoms with Crippen molar-refractivity contribution in [3.63, 3.8) is 0 Å². The number of carboxylic acid groups (broad SMARTS) is 1. The monoisotopic (exact) mass is 530 g/mol. The van der Waals surface area contributed by atoms with Gasteiger partial charge in [-0.3, -0.25) is 9.59 Å². The second kappa shape index (κ2) is 10.2. The number of nitrogens with zero attached hydrogens (tertiary/aromatic N) is 4. The molecule has 0 bridgehead atoms. The number of rotatable bonds is 8. The highest BCUT2D eigenvalue weighted by atomic mass is 19.4. The minimum atomic E-state index is -4.67. The Balaban J connectivity index is 2.05. The number of alkyl halides is 6. The number of halogens is 6. The Hall–Kier alpha value is -3.94. The van der Waals surface area contributed by atoms with E-state index in [0.29, 0.717) is 29.2 Å². The van der Waals surface area contributed by atoms with Crippen LogP contribution in [0.15, 0.2) is 61.2 Å². The highest BCUT2D eigenvalue weighted by Gasteiger charge is 2.43. The fourth-order valence-corrected chi connectivity index (χ4v) is 3.73. The molecule has 2 atom stereocenters. The lowest BCUT2D eigenvalue weighted by Crippen LogP contribution is -2.55. The Kier molecular flexibility index (Phi) is 7.62. The van der Waals surface area contributed by atoms with Crippen LogP contribution in [0.4, 0.5) is 26.3 Å². The molecule has 198 valence electrons. The van der Waals surface area contributed by atoms with Crippen LogP contribution in [0.3, 0.4) is 0 Å². The van der Waals surface area contributed by atoms with Crippen molar-refractivity contribution in [2.45, 2.75) is 37.5 Å². The third kappa shape index (κ3) is 6.25. The van der Waals surface area contributed by atoms with E-state index in [1.807, 2.05) is 0 Å². The molecule has 0 aliphatic carbocycles. The number of benzene rings is 2. The van der Waals surface area contributed by atoms with Gasteiger partial charge in [0.05, 0.1) is 23.7 Å². The fourth-order valence-electron chi connectivity index (χ4n) is 3.73. The first-order valence-electron chi connectivity index (χ1n) is 10.6. The number of hydrogen-bond acceptors (Lipinski definition) is 5. The van der Waals surface area contributed by atoms with Gasteiger partial charge in [0.2, 0.25) is 0 Å². The molecule has 0 spiro atoms. The number of aliphatic carboxylic acids is 1. The van der Waals surface area contributed by atoms with Gasteiger partial charge in [0.1, 0.15) is 24.8 Å². The van der Waals surface area contributed by atoms with Crippen LogP contribution >= 0.6 is 0 Å². The van der Waals surface area contributed by atoms with Crippen molar-refractivity contribution in [2.75, 3.05) is 6.54 Å². The summed E-state index contributed by atoms with van der Waals surface area (Å²) in [4.78, 5) is 29.3. The summed E-state index contributed by atoms with van der Waals surface area (Å²) in [5.41, 5.74) is -4.63. The van der Waals surface area contributed by atoms with Crippen molar-refractivity contribution < 1.29 is 46.1 Å². The predicted octanol–water partition coefficient (Wildman–Crippen LogP) is 3.82. The third-order valence-electron chi connectivity index (χ3n) is 5.77. The van der Waals surface area contributed by atoms with Gasteiger partial charge in [0.25, 0.3) is 5.91 Å². The van der Waals surface area contributed by atoms with E-state index in [1.54, 1.807) is 0 Å². The summed E-state index contributed by atoms with van der Waals surface area (Å²) >= 11 is 0. The molecule has 0 saturated carbocycles. The molecule has 0 fully saturated rings. The van der Waals surface area contributed by atoms with Gasteiger partial charge in [-0.2, -0.15) is 31.4 Å². The van der Waals surface area contributed by atoms with E-state index in [4.69, 9.17) is 0 Å². The zero-order chi connectivity index (χ0) is 27.6. The summed E-state index contributed by atoms with van der Waals surface area (Å²) in [5.74, 6) is -2.52. The number of amides is 1. The molecule has 1 amide bonds. The Morgan fingerprint density at radius 3 is 1.84 bits per heavy atom. The highest BCUT2D eigenvalue weighted by molar-refractivity contribution is 5.96. The van der Waals surface area contributed by atoms with Gasteiger partial charge in [0.15, 0.2) is 0 Å². The van der Waals surface area contributed by atoms with E-state index in [2.05, 4.69) is 10.1 Å². The van der Waals surface area contributed by atoms with Crippen molar-refractivity contribution in [2.24, 2.45) is 0 Å². The third-order valence-corrected chi connectivity index (χ3v) is 5.77. The molecule has 8 nitrogen and oxygen atoms in total. The molecule has 1 heterocycles. The minimum Gasteiger partial charge on any atom is -0.480 e. The predicted molar refractivity (Wildman–Crippen MR) is 115 cm³/mol. The molecule has 3 aromatic rings. The Bertz CT molecular complexity index is 1230. The van der Waals surface area contributed by atoms with E-state index in [9.17, 15) is 46.1 Å². The van der Waals surface area contributed by atoms with Gasteiger partial charge in [-0.15, -0.1) is 0 Å².